The van der Waals surface area contributed by atoms with Crippen molar-refractivity contribution in [1.29, 1.82) is 0 Å². The lowest BCUT2D eigenvalue weighted by Gasteiger charge is -2.38. The van der Waals surface area contributed by atoms with Crippen LogP contribution in [0.5, 0.6) is 0 Å². The van der Waals surface area contributed by atoms with Gasteiger partial charge >= 0.3 is 0 Å². The van der Waals surface area contributed by atoms with E-state index in [0.717, 1.165) is 5.69 Å². The first kappa shape index (κ1) is 17.7. The molecule has 7 heteroatoms. The van der Waals surface area contributed by atoms with Crippen molar-refractivity contribution in [3.63, 3.8) is 0 Å². The molecule has 25 heavy (non-hydrogen) atoms. The Morgan fingerprint density at radius 2 is 1.76 bits per heavy atom. The van der Waals surface area contributed by atoms with Crippen molar-refractivity contribution in [3.8, 4) is 0 Å². The number of carbonyl (C=O) groups excluding carboxylic acids is 3. The minimum absolute atomic E-state index is 0.128. The maximum Gasteiger partial charge on any atom is 0.245 e. The third-order valence-electron chi connectivity index (χ3n) is 4.84. The molecule has 6 nitrogen and oxygen atoms in total. The van der Waals surface area contributed by atoms with Gasteiger partial charge in [-0.2, -0.15) is 0 Å². The number of benzene rings is 1. The Hall–Kier alpha value is -2.08. The van der Waals surface area contributed by atoms with Crippen LogP contribution in [0.2, 0.25) is 5.02 Å². The Labute approximate surface area is 152 Å². The molecule has 134 valence electrons. The first-order valence-corrected chi connectivity index (χ1v) is 9.03. The van der Waals surface area contributed by atoms with Crippen LogP contribution in [0.15, 0.2) is 24.3 Å². The van der Waals surface area contributed by atoms with Crippen molar-refractivity contribution in [2.75, 3.05) is 31.1 Å². The van der Waals surface area contributed by atoms with E-state index in [2.05, 4.69) is 4.90 Å². The summed E-state index contributed by atoms with van der Waals surface area (Å²) in [5, 5.41) is 0.688. The molecule has 1 aromatic rings. The van der Waals surface area contributed by atoms with Gasteiger partial charge in [0.15, 0.2) is 0 Å². The third kappa shape index (κ3) is 3.63. The lowest BCUT2D eigenvalue weighted by molar-refractivity contribution is -0.151. The Kier molecular flexibility index (Phi) is 5.27. The Bertz CT molecular complexity index is 670. The molecule has 2 aliphatic rings. The van der Waals surface area contributed by atoms with Crippen LogP contribution >= 0.6 is 11.6 Å². The molecule has 2 saturated heterocycles. The van der Waals surface area contributed by atoms with Crippen LogP contribution in [0.3, 0.4) is 0 Å². The number of halogens is 1. The van der Waals surface area contributed by atoms with Crippen LogP contribution in [0.4, 0.5) is 5.69 Å². The number of likely N-dealkylation sites (tertiary alicyclic amines) is 1. The van der Waals surface area contributed by atoms with E-state index in [1.165, 1.54) is 4.90 Å². The molecule has 0 radical (unpaired) electrons. The normalized spacial score (nSPS) is 19.5. The third-order valence-corrected chi connectivity index (χ3v) is 5.07. The van der Waals surface area contributed by atoms with E-state index in [1.54, 1.807) is 4.90 Å². The average Bonchev–Trinajstić information content (AvgIpc) is 2.95. The summed E-state index contributed by atoms with van der Waals surface area (Å²) in [7, 11) is 0. The molecule has 0 saturated carbocycles. The molecule has 1 aromatic carbocycles. The number of hydrogen-bond acceptors (Lipinski definition) is 4. The van der Waals surface area contributed by atoms with Crippen molar-refractivity contribution in [2.45, 2.75) is 32.2 Å². The highest BCUT2D eigenvalue weighted by Gasteiger charge is 2.39. The van der Waals surface area contributed by atoms with Gasteiger partial charge in [-0.3, -0.25) is 19.3 Å². The van der Waals surface area contributed by atoms with E-state index in [-0.39, 0.29) is 30.6 Å². The van der Waals surface area contributed by atoms with Crippen molar-refractivity contribution in [1.82, 2.24) is 9.80 Å². The number of amides is 3. The zero-order chi connectivity index (χ0) is 18.0. The van der Waals surface area contributed by atoms with E-state index in [4.69, 9.17) is 11.6 Å². The average molecular weight is 364 g/mol. The molecule has 3 rings (SSSR count). The summed E-state index contributed by atoms with van der Waals surface area (Å²) in [4.78, 5) is 41.9. The zero-order valence-corrected chi connectivity index (χ0v) is 15.0. The van der Waals surface area contributed by atoms with Gasteiger partial charge in [-0.1, -0.05) is 24.6 Å². The van der Waals surface area contributed by atoms with Gasteiger partial charge in [0.25, 0.3) is 0 Å². The molecule has 0 bridgehead atoms. The van der Waals surface area contributed by atoms with Crippen LogP contribution in [0.25, 0.3) is 0 Å². The second kappa shape index (κ2) is 7.44. The fraction of sp³-hybridized carbons (Fsp3) is 0.500. The summed E-state index contributed by atoms with van der Waals surface area (Å²) < 4.78 is 0. The highest BCUT2D eigenvalue weighted by molar-refractivity contribution is 6.30. The lowest BCUT2D eigenvalue weighted by atomic mass is 10.1. The molecule has 1 atom stereocenters. The number of piperazine rings is 1. The SMILES string of the molecule is CCC(C(=O)N1CCN(c2cccc(Cl)c2)CC1)N1C(=O)CCC1=O. The summed E-state index contributed by atoms with van der Waals surface area (Å²) in [6.45, 7) is 4.37. The Morgan fingerprint density at radius 3 is 2.32 bits per heavy atom. The molecule has 1 unspecified atom stereocenters. The predicted octanol–water partition coefficient (Wildman–Crippen LogP) is 1.92. The van der Waals surface area contributed by atoms with Gasteiger partial charge in [0.2, 0.25) is 17.7 Å². The van der Waals surface area contributed by atoms with Crippen LogP contribution in [-0.4, -0.2) is 59.7 Å². The molecule has 0 N–H and O–H groups in total. The van der Waals surface area contributed by atoms with Gasteiger partial charge in [-0.05, 0) is 24.6 Å². The summed E-state index contributed by atoms with van der Waals surface area (Å²) in [5.74, 6) is -0.595. The maximum atomic E-state index is 12.8. The Morgan fingerprint density at radius 1 is 1.12 bits per heavy atom. The summed E-state index contributed by atoms with van der Waals surface area (Å²) >= 11 is 6.04. The van der Waals surface area contributed by atoms with Crippen LogP contribution < -0.4 is 4.90 Å². The molecule has 0 aromatic heterocycles. The largest absolute Gasteiger partial charge is 0.368 e. The van der Waals surface area contributed by atoms with Gasteiger partial charge in [0, 0.05) is 49.7 Å². The van der Waals surface area contributed by atoms with Crippen molar-refractivity contribution in [3.05, 3.63) is 29.3 Å². The van der Waals surface area contributed by atoms with E-state index >= 15 is 0 Å². The molecular weight excluding hydrogens is 342 g/mol. The highest BCUT2D eigenvalue weighted by atomic mass is 35.5. The summed E-state index contributed by atoms with van der Waals surface area (Å²) in [6.07, 6.45) is 0.876. The summed E-state index contributed by atoms with van der Waals surface area (Å²) in [5.41, 5.74) is 1.04. The zero-order valence-electron chi connectivity index (χ0n) is 14.3. The van der Waals surface area contributed by atoms with Gasteiger partial charge in [0.05, 0.1) is 0 Å². The van der Waals surface area contributed by atoms with Gasteiger partial charge in [0.1, 0.15) is 6.04 Å². The number of anilines is 1. The minimum atomic E-state index is -0.666. The number of hydrogen-bond donors (Lipinski definition) is 0. The maximum absolute atomic E-state index is 12.8. The number of nitrogens with zero attached hydrogens (tertiary/aromatic N) is 3. The van der Waals surface area contributed by atoms with Crippen molar-refractivity contribution < 1.29 is 14.4 Å². The molecular formula is C18H22ClN3O3. The first-order valence-electron chi connectivity index (χ1n) is 8.65. The van der Waals surface area contributed by atoms with Crippen LogP contribution in [-0.2, 0) is 14.4 Å². The number of rotatable bonds is 4. The fourth-order valence-corrected chi connectivity index (χ4v) is 3.66. The van der Waals surface area contributed by atoms with Crippen molar-refractivity contribution in [2.24, 2.45) is 0 Å². The fourth-order valence-electron chi connectivity index (χ4n) is 3.48. The molecule has 2 aliphatic heterocycles. The van der Waals surface area contributed by atoms with Crippen LogP contribution in [0, 0.1) is 0 Å². The standard InChI is InChI=1S/C18H22ClN3O3/c1-2-15(22-16(23)6-7-17(22)24)18(25)21-10-8-20(9-11-21)14-5-3-4-13(19)12-14/h3-5,12,15H,2,6-11H2,1H3. The lowest BCUT2D eigenvalue weighted by Crippen LogP contribution is -2.55. The van der Waals surface area contributed by atoms with E-state index < -0.39 is 6.04 Å². The topological polar surface area (TPSA) is 60.9 Å². The second-order valence-electron chi connectivity index (χ2n) is 6.37. The smallest absolute Gasteiger partial charge is 0.245 e. The molecule has 3 amide bonds. The molecule has 2 fully saturated rings. The molecule has 2 heterocycles. The first-order chi connectivity index (χ1) is 12.0. The minimum Gasteiger partial charge on any atom is -0.368 e. The highest BCUT2D eigenvalue weighted by Crippen LogP contribution is 2.23. The van der Waals surface area contributed by atoms with Gasteiger partial charge in [-0.15, -0.1) is 0 Å². The predicted molar refractivity (Wildman–Crippen MR) is 95.4 cm³/mol. The quantitative estimate of drug-likeness (QED) is 0.767. The van der Waals surface area contributed by atoms with Gasteiger partial charge < -0.3 is 9.80 Å². The van der Waals surface area contributed by atoms with E-state index in [9.17, 15) is 14.4 Å². The van der Waals surface area contributed by atoms with Crippen molar-refractivity contribution >= 4 is 35.0 Å². The van der Waals surface area contributed by atoms with Crippen LogP contribution in [0.1, 0.15) is 26.2 Å². The van der Waals surface area contributed by atoms with E-state index in [1.807, 2.05) is 31.2 Å². The monoisotopic (exact) mass is 363 g/mol. The Balaban J connectivity index is 1.64. The number of imide groups is 1. The second-order valence-corrected chi connectivity index (χ2v) is 6.81. The number of carbonyl (C=O) groups is 3. The summed E-state index contributed by atoms with van der Waals surface area (Å²) in [6, 6.07) is 6.99. The molecule has 0 aliphatic carbocycles. The van der Waals surface area contributed by atoms with E-state index in [0.29, 0.717) is 37.6 Å². The van der Waals surface area contributed by atoms with Gasteiger partial charge in [-0.25, -0.2) is 0 Å². The molecule has 0 spiro atoms.